The molecule has 1 aromatic heterocycles. The summed E-state index contributed by atoms with van der Waals surface area (Å²) in [6.07, 6.45) is 4.25. The first-order valence-electron chi connectivity index (χ1n) is 6.05. The molecule has 0 spiro atoms. The predicted octanol–water partition coefficient (Wildman–Crippen LogP) is 1.16. The van der Waals surface area contributed by atoms with E-state index in [0.29, 0.717) is 17.5 Å². The largest absolute Gasteiger partial charge is 0.409 e. The fraction of sp³-hybridized carbons (Fsp3) is 0.500. The van der Waals surface area contributed by atoms with Gasteiger partial charge in [-0.1, -0.05) is 11.2 Å². The van der Waals surface area contributed by atoms with Gasteiger partial charge >= 0.3 is 0 Å². The average molecular weight is 266 g/mol. The Balaban J connectivity index is 1.92. The number of hydrogen-bond acceptors (Lipinski definition) is 5. The Morgan fingerprint density at radius 2 is 2.56 bits per heavy atom. The summed E-state index contributed by atoms with van der Waals surface area (Å²) in [6, 6.07) is 3.80. The topological polar surface area (TPSA) is 83.5 Å². The summed E-state index contributed by atoms with van der Waals surface area (Å²) in [5.74, 6) is 1.33. The van der Waals surface area contributed by atoms with Gasteiger partial charge in [0, 0.05) is 24.5 Å². The number of aromatic nitrogens is 1. The van der Waals surface area contributed by atoms with E-state index in [1.165, 1.54) is 18.6 Å². The molecule has 0 aliphatic carbocycles. The minimum atomic E-state index is 0.0580. The lowest BCUT2D eigenvalue weighted by atomic mass is 10.1. The maximum Gasteiger partial charge on any atom is 0.189 e. The highest BCUT2D eigenvalue weighted by molar-refractivity contribution is 8.00. The van der Waals surface area contributed by atoms with Gasteiger partial charge in [0.2, 0.25) is 0 Å². The van der Waals surface area contributed by atoms with Gasteiger partial charge in [0.05, 0.1) is 0 Å². The fourth-order valence-electron chi connectivity index (χ4n) is 2.03. The van der Waals surface area contributed by atoms with Crippen LogP contribution < -0.4 is 11.1 Å². The zero-order valence-electron chi connectivity index (χ0n) is 10.2. The fourth-order valence-corrected chi connectivity index (χ4v) is 3.27. The van der Waals surface area contributed by atoms with Gasteiger partial charge in [-0.15, -0.1) is 0 Å². The zero-order chi connectivity index (χ0) is 12.8. The molecule has 0 bridgehead atoms. The molecule has 1 atom stereocenters. The van der Waals surface area contributed by atoms with Crippen LogP contribution in [0.4, 0.5) is 0 Å². The van der Waals surface area contributed by atoms with E-state index in [9.17, 15) is 0 Å². The molecule has 0 saturated carbocycles. The lowest BCUT2D eigenvalue weighted by Gasteiger charge is -2.11. The van der Waals surface area contributed by atoms with Crippen molar-refractivity contribution in [2.45, 2.75) is 24.6 Å². The lowest BCUT2D eigenvalue weighted by Crippen LogP contribution is -2.25. The van der Waals surface area contributed by atoms with Crippen molar-refractivity contribution < 1.29 is 5.21 Å². The Morgan fingerprint density at radius 1 is 1.67 bits per heavy atom. The van der Waals surface area contributed by atoms with Gasteiger partial charge in [0.15, 0.2) is 5.84 Å². The van der Waals surface area contributed by atoms with Crippen LogP contribution >= 0.6 is 11.8 Å². The standard InChI is InChI=1S/C12H18N4OS/c13-12(16-17)11-9(3-1-5-15-11)7-14-8-10-4-2-6-18-10/h1,3,5,10,14,17H,2,4,6-8H2,(H2,13,16). The van der Waals surface area contributed by atoms with E-state index in [2.05, 4.69) is 15.5 Å². The highest BCUT2D eigenvalue weighted by atomic mass is 32.2. The third-order valence-electron chi connectivity index (χ3n) is 2.95. The maximum absolute atomic E-state index is 8.71. The highest BCUT2D eigenvalue weighted by Crippen LogP contribution is 2.25. The second-order valence-corrected chi connectivity index (χ2v) is 5.67. The molecule has 0 radical (unpaired) electrons. The molecule has 1 saturated heterocycles. The van der Waals surface area contributed by atoms with Crippen LogP contribution in [0.15, 0.2) is 23.5 Å². The van der Waals surface area contributed by atoms with Gasteiger partial charge in [-0.3, -0.25) is 4.98 Å². The van der Waals surface area contributed by atoms with E-state index in [1.54, 1.807) is 6.20 Å². The first-order valence-corrected chi connectivity index (χ1v) is 7.10. The number of amidine groups is 1. The van der Waals surface area contributed by atoms with Crippen molar-refractivity contribution in [3.8, 4) is 0 Å². The van der Waals surface area contributed by atoms with Gasteiger partial charge in [-0.25, -0.2) is 0 Å². The molecule has 5 nitrogen and oxygen atoms in total. The van der Waals surface area contributed by atoms with Crippen LogP contribution in [-0.4, -0.2) is 33.6 Å². The van der Waals surface area contributed by atoms with Crippen LogP contribution in [0.25, 0.3) is 0 Å². The Kier molecular flexibility index (Phi) is 4.83. The van der Waals surface area contributed by atoms with E-state index in [0.717, 1.165) is 12.1 Å². The Labute approximate surface area is 111 Å². The van der Waals surface area contributed by atoms with Gasteiger partial charge in [-0.2, -0.15) is 11.8 Å². The van der Waals surface area contributed by atoms with Gasteiger partial charge in [0.25, 0.3) is 0 Å². The van der Waals surface area contributed by atoms with Crippen LogP contribution in [0.5, 0.6) is 0 Å². The molecule has 0 amide bonds. The van der Waals surface area contributed by atoms with E-state index < -0.39 is 0 Å². The van der Waals surface area contributed by atoms with Crippen molar-refractivity contribution in [3.63, 3.8) is 0 Å². The number of pyridine rings is 1. The lowest BCUT2D eigenvalue weighted by molar-refractivity contribution is 0.318. The van der Waals surface area contributed by atoms with Crippen molar-refractivity contribution in [3.05, 3.63) is 29.6 Å². The molecule has 1 aliphatic rings. The quantitative estimate of drug-likeness (QED) is 0.322. The van der Waals surface area contributed by atoms with Crippen molar-refractivity contribution in [2.75, 3.05) is 12.3 Å². The van der Waals surface area contributed by atoms with Crippen LogP contribution in [-0.2, 0) is 6.54 Å². The molecular weight excluding hydrogens is 248 g/mol. The smallest absolute Gasteiger partial charge is 0.189 e. The summed E-state index contributed by atoms with van der Waals surface area (Å²) in [4.78, 5) is 4.14. The van der Waals surface area contributed by atoms with Crippen LogP contribution in [0.3, 0.4) is 0 Å². The van der Waals surface area contributed by atoms with E-state index in [1.807, 2.05) is 23.9 Å². The number of nitrogens with one attached hydrogen (secondary N) is 1. The molecule has 6 heteroatoms. The molecule has 18 heavy (non-hydrogen) atoms. The summed E-state index contributed by atoms with van der Waals surface area (Å²) in [7, 11) is 0. The zero-order valence-corrected chi connectivity index (χ0v) is 11.0. The Hall–Kier alpha value is -1.27. The van der Waals surface area contributed by atoms with E-state index in [-0.39, 0.29) is 5.84 Å². The molecule has 2 heterocycles. The summed E-state index contributed by atoms with van der Waals surface area (Å²) in [5.41, 5.74) is 7.10. The first kappa shape index (κ1) is 13.2. The Bertz CT molecular complexity index is 418. The number of thioether (sulfide) groups is 1. The third kappa shape index (κ3) is 3.36. The summed E-state index contributed by atoms with van der Waals surface area (Å²) < 4.78 is 0. The second-order valence-electron chi connectivity index (χ2n) is 4.26. The van der Waals surface area contributed by atoms with Crippen molar-refractivity contribution >= 4 is 17.6 Å². The minimum Gasteiger partial charge on any atom is -0.409 e. The van der Waals surface area contributed by atoms with Gasteiger partial charge < -0.3 is 16.3 Å². The molecule has 4 N–H and O–H groups in total. The summed E-state index contributed by atoms with van der Waals surface area (Å²) in [5, 5.41) is 15.8. The normalized spacial score (nSPS) is 20.2. The first-order chi connectivity index (χ1) is 8.81. The molecule has 1 unspecified atom stereocenters. The molecule has 1 fully saturated rings. The minimum absolute atomic E-state index is 0.0580. The monoisotopic (exact) mass is 266 g/mol. The van der Waals surface area contributed by atoms with Crippen molar-refractivity contribution in [2.24, 2.45) is 10.9 Å². The van der Waals surface area contributed by atoms with E-state index in [4.69, 9.17) is 10.9 Å². The number of hydrogen-bond donors (Lipinski definition) is 3. The molecule has 98 valence electrons. The average Bonchev–Trinajstić information content (AvgIpc) is 2.92. The third-order valence-corrected chi connectivity index (χ3v) is 4.35. The Morgan fingerprint density at radius 3 is 3.28 bits per heavy atom. The van der Waals surface area contributed by atoms with Gasteiger partial charge in [0.1, 0.15) is 5.69 Å². The predicted molar refractivity (Wildman–Crippen MR) is 73.9 cm³/mol. The van der Waals surface area contributed by atoms with Crippen molar-refractivity contribution in [1.29, 1.82) is 0 Å². The SMILES string of the molecule is N/C(=N/O)c1ncccc1CNCC1CCCS1. The van der Waals surface area contributed by atoms with Crippen molar-refractivity contribution in [1.82, 2.24) is 10.3 Å². The molecule has 1 aromatic rings. The maximum atomic E-state index is 8.71. The van der Waals surface area contributed by atoms with Crippen LogP contribution in [0.1, 0.15) is 24.1 Å². The second kappa shape index (κ2) is 6.61. The highest BCUT2D eigenvalue weighted by Gasteiger charge is 2.15. The van der Waals surface area contributed by atoms with Crippen LogP contribution in [0.2, 0.25) is 0 Å². The summed E-state index contributed by atoms with van der Waals surface area (Å²) in [6.45, 7) is 1.69. The summed E-state index contributed by atoms with van der Waals surface area (Å²) >= 11 is 2.03. The number of oxime groups is 1. The number of rotatable bonds is 5. The molecular formula is C12H18N4OS. The van der Waals surface area contributed by atoms with Crippen LogP contribution in [0, 0.1) is 0 Å². The molecule has 1 aliphatic heterocycles. The molecule has 2 rings (SSSR count). The van der Waals surface area contributed by atoms with Gasteiger partial charge in [-0.05, 0) is 30.2 Å². The number of nitrogens with two attached hydrogens (primary N) is 1. The number of nitrogens with zero attached hydrogens (tertiary/aromatic N) is 2. The van der Waals surface area contributed by atoms with E-state index >= 15 is 0 Å². The molecule has 0 aromatic carbocycles.